The summed E-state index contributed by atoms with van der Waals surface area (Å²) < 4.78 is 10.4. The van der Waals surface area contributed by atoms with Gasteiger partial charge in [-0.05, 0) is 64.7 Å². The molecule has 1 aromatic carbocycles. The molecule has 39 heavy (non-hydrogen) atoms. The Morgan fingerprint density at radius 3 is 2.56 bits per heavy atom. The number of nitrogens with zero attached hydrogens (tertiary/aromatic N) is 5. The molecule has 1 aliphatic heterocycles. The number of amides is 1. The van der Waals surface area contributed by atoms with Crippen LogP contribution in [0.5, 0.6) is 0 Å². The van der Waals surface area contributed by atoms with Crippen molar-refractivity contribution in [2.45, 2.75) is 78.2 Å². The molecule has 2 aromatic heterocycles. The number of piperidine rings is 1. The molecule has 3 heterocycles. The van der Waals surface area contributed by atoms with Crippen molar-refractivity contribution in [1.82, 2.24) is 24.0 Å². The second kappa shape index (κ2) is 12.1. The summed E-state index contributed by atoms with van der Waals surface area (Å²) in [5.74, 6) is 0.565. The lowest BCUT2D eigenvalue weighted by Crippen LogP contribution is -2.51. The monoisotopic (exact) mass is 556 g/mol. The van der Waals surface area contributed by atoms with Gasteiger partial charge in [0.2, 0.25) is 0 Å². The van der Waals surface area contributed by atoms with Crippen molar-refractivity contribution in [2.24, 2.45) is 0 Å². The highest BCUT2D eigenvalue weighted by Crippen LogP contribution is 2.20. The van der Waals surface area contributed by atoms with E-state index in [-0.39, 0.29) is 23.8 Å². The minimum Gasteiger partial charge on any atom is -0.444 e. The van der Waals surface area contributed by atoms with Crippen molar-refractivity contribution >= 4 is 23.5 Å². The lowest BCUT2D eigenvalue weighted by molar-refractivity contribution is 0.0500. The van der Waals surface area contributed by atoms with E-state index < -0.39 is 11.7 Å². The van der Waals surface area contributed by atoms with Gasteiger partial charge in [-0.25, -0.2) is 14.6 Å². The standard InChI is InChI=1S/C28H37ClN6O4/c1-20-16-30-19-33(20)13-6-14-34-24(32-12-5-7-23(18-32)31-26(37)39-28(2,3)4)15-25(36)35(27(34)38)17-21-8-10-22(29)11-9-21/h8-11,15-16,19,23H,5-7,12-14,17-18H2,1-4H3,(H,31,37)/t23-/m1/s1. The summed E-state index contributed by atoms with van der Waals surface area (Å²) in [6.07, 6.45) is 5.37. The Labute approximate surface area is 233 Å². The Kier molecular flexibility index (Phi) is 8.84. The van der Waals surface area contributed by atoms with Crippen LogP contribution in [-0.4, -0.2) is 49.5 Å². The molecule has 3 aromatic rings. The second-order valence-corrected chi connectivity index (χ2v) is 11.4. The fourth-order valence-electron chi connectivity index (χ4n) is 4.79. The maximum Gasteiger partial charge on any atom is 0.407 e. The van der Waals surface area contributed by atoms with E-state index in [0.717, 1.165) is 24.1 Å². The van der Waals surface area contributed by atoms with Crippen LogP contribution in [0.2, 0.25) is 5.02 Å². The molecule has 0 bridgehead atoms. The molecule has 0 aliphatic carbocycles. The van der Waals surface area contributed by atoms with Crippen molar-refractivity contribution in [3.63, 3.8) is 0 Å². The minimum atomic E-state index is -0.596. The van der Waals surface area contributed by atoms with Crippen LogP contribution in [0.3, 0.4) is 0 Å². The van der Waals surface area contributed by atoms with E-state index >= 15 is 0 Å². The van der Waals surface area contributed by atoms with Gasteiger partial charge in [0.05, 0.1) is 12.9 Å². The van der Waals surface area contributed by atoms with Gasteiger partial charge in [0.15, 0.2) is 0 Å². The molecule has 1 atom stereocenters. The molecule has 4 rings (SSSR count). The van der Waals surface area contributed by atoms with Gasteiger partial charge >= 0.3 is 11.8 Å². The molecule has 1 fully saturated rings. The van der Waals surface area contributed by atoms with E-state index in [1.165, 1.54) is 10.6 Å². The zero-order valence-corrected chi connectivity index (χ0v) is 23.8. The van der Waals surface area contributed by atoms with Crippen LogP contribution in [0.15, 0.2) is 52.4 Å². The number of hydrogen-bond donors (Lipinski definition) is 1. The number of aromatic nitrogens is 4. The first kappa shape index (κ1) is 28.5. The lowest BCUT2D eigenvalue weighted by Gasteiger charge is -2.36. The smallest absolute Gasteiger partial charge is 0.407 e. The van der Waals surface area contributed by atoms with Crippen LogP contribution in [0, 0.1) is 6.92 Å². The molecule has 0 radical (unpaired) electrons. The third-order valence-electron chi connectivity index (χ3n) is 6.68. The summed E-state index contributed by atoms with van der Waals surface area (Å²) in [6.45, 7) is 9.87. The van der Waals surface area contributed by atoms with Gasteiger partial charge in [-0.1, -0.05) is 23.7 Å². The number of alkyl carbamates (subject to hydrolysis) is 1. The number of carbonyl (C=O) groups excluding carboxylic acids is 1. The van der Waals surface area contributed by atoms with E-state index in [1.54, 1.807) is 29.2 Å². The minimum absolute atomic E-state index is 0.151. The number of imidazole rings is 1. The molecule has 0 spiro atoms. The number of benzene rings is 1. The average Bonchev–Trinajstić information content (AvgIpc) is 3.27. The van der Waals surface area contributed by atoms with Gasteiger partial charge in [0.25, 0.3) is 5.56 Å². The van der Waals surface area contributed by atoms with Crippen LogP contribution in [0.25, 0.3) is 0 Å². The summed E-state index contributed by atoms with van der Waals surface area (Å²) in [4.78, 5) is 45.6. The quantitative estimate of drug-likeness (QED) is 0.453. The fraction of sp³-hybridized carbons (Fsp3) is 0.500. The molecular formula is C28H37ClN6O4. The van der Waals surface area contributed by atoms with Crippen molar-refractivity contribution in [1.29, 1.82) is 0 Å². The molecule has 210 valence electrons. The molecule has 1 aliphatic rings. The molecular weight excluding hydrogens is 520 g/mol. The normalized spacial score (nSPS) is 15.8. The Hall–Kier alpha value is -3.53. The zero-order chi connectivity index (χ0) is 28.2. The number of nitrogens with one attached hydrogen (secondary N) is 1. The van der Waals surface area contributed by atoms with E-state index in [0.29, 0.717) is 43.4 Å². The SMILES string of the molecule is Cc1cncn1CCCn1c(N2CCC[C@@H](NC(=O)OC(C)(C)C)C2)cc(=O)n(Cc2ccc(Cl)cc2)c1=O. The van der Waals surface area contributed by atoms with Gasteiger partial charge in [0, 0.05) is 55.2 Å². The molecule has 0 unspecified atom stereocenters. The molecule has 1 amide bonds. The first-order valence-electron chi connectivity index (χ1n) is 13.3. The maximum absolute atomic E-state index is 13.8. The Bertz CT molecular complexity index is 1400. The van der Waals surface area contributed by atoms with Crippen LogP contribution in [-0.2, 0) is 24.4 Å². The van der Waals surface area contributed by atoms with Gasteiger partial charge < -0.3 is 19.5 Å². The van der Waals surface area contributed by atoms with Crippen LogP contribution >= 0.6 is 11.6 Å². The van der Waals surface area contributed by atoms with E-state index in [2.05, 4.69) is 10.3 Å². The molecule has 0 saturated carbocycles. The number of halogens is 1. The predicted octanol–water partition coefficient (Wildman–Crippen LogP) is 3.80. The van der Waals surface area contributed by atoms with E-state index in [9.17, 15) is 14.4 Å². The summed E-state index contributed by atoms with van der Waals surface area (Å²) >= 11 is 6.01. The number of aryl methyl sites for hydroxylation is 2. The third-order valence-corrected chi connectivity index (χ3v) is 6.93. The van der Waals surface area contributed by atoms with Crippen molar-refractivity contribution < 1.29 is 9.53 Å². The number of ether oxygens (including phenoxy) is 1. The Balaban J connectivity index is 1.61. The molecule has 1 saturated heterocycles. The topological polar surface area (TPSA) is 103 Å². The van der Waals surface area contributed by atoms with Crippen LogP contribution in [0.4, 0.5) is 10.6 Å². The summed E-state index contributed by atoms with van der Waals surface area (Å²) in [5, 5.41) is 3.54. The highest BCUT2D eigenvalue weighted by molar-refractivity contribution is 6.30. The summed E-state index contributed by atoms with van der Waals surface area (Å²) in [5.41, 5.74) is 0.529. The summed E-state index contributed by atoms with van der Waals surface area (Å²) in [6, 6.07) is 8.48. The van der Waals surface area contributed by atoms with Crippen molar-refractivity contribution in [3.05, 3.63) is 80.0 Å². The predicted molar refractivity (Wildman–Crippen MR) is 152 cm³/mol. The highest BCUT2D eigenvalue weighted by Gasteiger charge is 2.27. The van der Waals surface area contributed by atoms with E-state index in [1.807, 2.05) is 49.3 Å². The fourth-order valence-corrected chi connectivity index (χ4v) is 4.92. The number of anilines is 1. The van der Waals surface area contributed by atoms with Gasteiger partial charge in [0.1, 0.15) is 11.4 Å². The van der Waals surface area contributed by atoms with Crippen LogP contribution in [0.1, 0.15) is 51.3 Å². The van der Waals surface area contributed by atoms with Crippen molar-refractivity contribution in [2.75, 3.05) is 18.0 Å². The van der Waals surface area contributed by atoms with Crippen molar-refractivity contribution in [3.8, 4) is 0 Å². The van der Waals surface area contributed by atoms with Gasteiger partial charge in [-0.3, -0.25) is 13.9 Å². The van der Waals surface area contributed by atoms with Crippen LogP contribution < -0.4 is 21.5 Å². The maximum atomic E-state index is 13.8. The third kappa shape index (κ3) is 7.53. The largest absolute Gasteiger partial charge is 0.444 e. The average molecular weight is 557 g/mol. The van der Waals surface area contributed by atoms with Gasteiger partial charge in [-0.2, -0.15) is 0 Å². The molecule has 1 N–H and O–H groups in total. The second-order valence-electron chi connectivity index (χ2n) is 11.0. The first-order chi connectivity index (χ1) is 18.5. The first-order valence-corrected chi connectivity index (χ1v) is 13.7. The Morgan fingerprint density at radius 2 is 1.90 bits per heavy atom. The lowest BCUT2D eigenvalue weighted by atomic mass is 10.1. The zero-order valence-electron chi connectivity index (χ0n) is 23.0. The summed E-state index contributed by atoms with van der Waals surface area (Å²) in [7, 11) is 0. The number of carbonyl (C=O) groups is 1. The highest BCUT2D eigenvalue weighted by atomic mass is 35.5. The van der Waals surface area contributed by atoms with E-state index in [4.69, 9.17) is 16.3 Å². The Morgan fingerprint density at radius 1 is 1.15 bits per heavy atom. The number of hydrogen-bond acceptors (Lipinski definition) is 6. The van der Waals surface area contributed by atoms with Gasteiger partial charge in [-0.15, -0.1) is 0 Å². The number of rotatable bonds is 8. The molecule has 10 nitrogen and oxygen atoms in total. The molecule has 11 heteroatoms.